The average molecular weight is 413 g/mol. The summed E-state index contributed by atoms with van der Waals surface area (Å²) in [6.07, 6.45) is 15.6. The molecule has 160 valence electrons. The van der Waals surface area contributed by atoms with Crippen molar-refractivity contribution in [2.45, 2.75) is 0 Å². The monoisotopic (exact) mass is 412 g/mol. The maximum absolute atomic E-state index is 4.02. The van der Waals surface area contributed by atoms with E-state index in [2.05, 4.69) is 70.9 Å². The van der Waals surface area contributed by atoms with Gasteiger partial charge in [-0.15, -0.1) is 52.6 Å². The molecular weight excluding hydrogens is 372 g/mol. The topological polar surface area (TPSA) is 13.0 Å². The molecule has 0 aromatic heterocycles. The van der Waals surface area contributed by atoms with Crippen LogP contribution < -0.4 is 0 Å². The van der Waals surface area contributed by atoms with E-state index in [1.807, 2.05) is 48.6 Å². The van der Waals surface area contributed by atoms with E-state index in [4.69, 9.17) is 0 Å². The molecule has 0 atom stereocenters. The Bertz CT molecular complexity index is 428. The van der Waals surface area contributed by atoms with Crippen LogP contribution in [-0.2, 0) is 0 Å². The van der Waals surface area contributed by atoms with Crippen LogP contribution in [0, 0.1) is 0 Å². The average Bonchev–Trinajstić information content (AvgIpc) is 2.70. The minimum absolute atomic E-state index is 0.721. The molecule has 0 spiro atoms. The number of hydrogen-bond acceptors (Lipinski definition) is 4. The Kier molecular flexibility index (Phi) is 14.7. The van der Waals surface area contributed by atoms with E-state index < -0.39 is 8.72 Å². The van der Waals surface area contributed by atoms with Gasteiger partial charge in [0.2, 0.25) is 0 Å². The van der Waals surface area contributed by atoms with Crippen molar-refractivity contribution in [2.75, 3.05) is 52.4 Å². The first kappa shape index (κ1) is 27.0. The molecule has 5 heteroatoms. The highest BCUT2D eigenvalue weighted by molar-refractivity contribution is 6.69. The van der Waals surface area contributed by atoms with Crippen LogP contribution in [-0.4, -0.2) is 79.3 Å². The number of rotatable bonds is 20. The predicted octanol–water partition coefficient (Wildman–Crippen LogP) is 4.12. The Labute approximate surface area is 180 Å². The summed E-state index contributed by atoms with van der Waals surface area (Å²) in [5, 5.41) is 0. The van der Waals surface area contributed by atoms with Gasteiger partial charge in [0.05, 0.1) is 0 Å². The van der Waals surface area contributed by atoms with Gasteiger partial charge in [0, 0.05) is 52.4 Å². The summed E-state index contributed by atoms with van der Waals surface area (Å²) < 4.78 is 9.89. The van der Waals surface area contributed by atoms with Crippen LogP contribution in [0.4, 0.5) is 0 Å². The third-order valence-corrected chi connectivity index (χ3v) is 9.35. The summed E-state index contributed by atoms with van der Waals surface area (Å²) in [5.74, 6) is 0. The molecule has 0 bridgehead atoms. The number of hydrogen-bond donors (Lipinski definition) is 0. The molecule has 0 N–H and O–H groups in total. The maximum Gasteiger partial charge on any atom is 0.378 e. The Morgan fingerprint density at radius 1 is 0.345 bits per heavy atom. The Hall–Kier alpha value is -2.02. The molecule has 0 aliphatic heterocycles. The Morgan fingerprint density at radius 2 is 0.483 bits per heavy atom. The van der Waals surface area contributed by atoms with Gasteiger partial charge >= 0.3 is 8.72 Å². The fourth-order valence-electron chi connectivity index (χ4n) is 3.72. The lowest BCUT2D eigenvalue weighted by Gasteiger charge is -2.57. The SMILES string of the molecule is C=CCN(CC=C)[Si](N(CC=C)CC=C)(N(CC=C)CC=C)N(CC=C)CC=C. The van der Waals surface area contributed by atoms with Crippen LogP contribution in [0.25, 0.3) is 0 Å². The third kappa shape index (κ3) is 7.06. The molecule has 0 rings (SSSR count). The fourth-order valence-corrected chi connectivity index (χ4v) is 9.12. The predicted molar refractivity (Wildman–Crippen MR) is 134 cm³/mol. The lowest BCUT2D eigenvalue weighted by atomic mass is 10.5. The van der Waals surface area contributed by atoms with E-state index in [1.54, 1.807) is 0 Å². The summed E-state index contributed by atoms with van der Waals surface area (Å²) in [5.41, 5.74) is 0. The van der Waals surface area contributed by atoms with Crippen molar-refractivity contribution in [3.05, 3.63) is 101 Å². The van der Waals surface area contributed by atoms with Gasteiger partial charge in [-0.05, 0) is 0 Å². The molecule has 0 aromatic rings. The first-order valence-corrected chi connectivity index (χ1v) is 11.7. The first-order chi connectivity index (χ1) is 14.1. The van der Waals surface area contributed by atoms with Gasteiger partial charge in [-0.2, -0.15) is 0 Å². The van der Waals surface area contributed by atoms with E-state index >= 15 is 0 Å². The second-order valence-corrected chi connectivity index (χ2v) is 10.3. The Morgan fingerprint density at radius 3 is 0.586 bits per heavy atom. The van der Waals surface area contributed by atoms with Crippen molar-refractivity contribution in [2.24, 2.45) is 0 Å². The van der Waals surface area contributed by atoms with Crippen molar-refractivity contribution in [3.8, 4) is 0 Å². The quantitative estimate of drug-likeness (QED) is 0.220. The molecule has 0 aromatic carbocycles. The van der Waals surface area contributed by atoms with Crippen LogP contribution in [0.5, 0.6) is 0 Å². The van der Waals surface area contributed by atoms with Gasteiger partial charge in [0.1, 0.15) is 0 Å². The molecule has 0 heterocycles. The van der Waals surface area contributed by atoms with Crippen LogP contribution in [0.15, 0.2) is 101 Å². The summed E-state index contributed by atoms with van der Waals surface area (Å²) in [7, 11) is -2.72. The molecule has 29 heavy (non-hydrogen) atoms. The van der Waals surface area contributed by atoms with Crippen molar-refractivity contribution in [1.29, 1.82) is 0 Å². The van der Waals surface area contributed by atoms with E-state index in [0.29, 0.717) is 0 Å². The van der Waals surface area contributed by atoms with Gasteiger partial charge in [-0.25, -0.2) is 0 Å². The second-order valence-electron chi connectivity index (χ2n) is 6.53. The highest BCUT2D eigenvalue weighted by Crippen LogP contribution is 2.26. The van der Waals surface area contributed by atoms with E-state index in [0.717, 1.165) is 52.4 Å². The molecule has 0 saturated carbocycles. The summed E-state index contributed by atoms with van der Waals surface area (Å²) in [4.78, 5) is 0. The molecule has 4 nitrogen and oxygen atoms in total. The lowest BCUT2D eigenvalue weighted by Crippen LogP contribution is -2.83. The van der Waals surface area contributed by atoms with Crippen molar-refractivity contribution in [1.82, 2.24) is 18.3 Å². The second kappa shape index (κ2) is 15.8. The van der Waals surface area contributed by atoms with E-state index in [-0.39, 0.29) is 0 Å². The van der Waals surface area contributed by atoms with E-state index in [1.165, 1.54) is 0 Å². The van der Waals surface area contributed by atoms with Crippen molar-refractivity contribution in [3.63, 3.8) is 0 Å². The zero-order chi connectivity index (χ0) is 22.1. The molecule has 0 radical (unpaired) electrons. The van der Waals surface area contributed by atoms with Crippen molar-refractivity contribution >= 4 is 8.72 Å². The third-order valence-electron chi connectivity index (χ3n) is 4.49. The van der Waals surface area contributed by atoms with Gasteiger partial charge < -0.3 is 0 Å². The molecule has 0 amide bonds. The largest absolute Gasteiger partial charge is 0.378 e. The fraction of sp³-hybridized carbons (Fsp3) is 0.333. The summed E-state index contributed by atoms with van der Waals surface area (Å²) >= 11 is 0. The molecule has 0 unspecified atom stereocenters. The maximum atomic E-state index is 4.02. The zero-order valence-corrected chi connectivity index (χ0v) is 19.2. The Balaban J connectivity index is 7.13. The van der Waals surface area contributed by atoms with E-state index in [9.17, 15) is 0 Å². The minimum Gasteiger partial charge on any atom is -0.280 e. The first-order valence-electron chi connectivity index (χ1n) is 9.96. The van der Waals surface area contributed by atoms with Gasteiger partial charge in [0.15, 0.2) is 0 Å². The van der Waals surface area contributed by atoms with Crippen LogP contribution >= 0.6 is 0 Å². The standard InChI is InChI=1S/C24H40N4Si/c1-9-17-25(18-10-2)29(26(19-11-3)20-12-4,27(21-13-5)22-14-6)28(23-15-7)24-16-8/h9-16H,1-8,17-24H2. The zero-order valence-electron chi connectivity index (χ0n) is 18.2. The summed E-state index contributed by atoms with van der Waals surface area (Å²) in [6.45, 7) is 37.9. The van der Waals surface area contributed by atoms with Crippen molar-refractivity contribution < 1.29 is 0 Å². The smallest absolute Gasteiger partial charge is 0.280 e. The minimum atomic E-state index is -2.72. The molecule has 0 aliphatic carbocycles. The van der Waals surface area contributed by atoms with Crippen LogP contribution in [0.1, 0.15) is 0 Å². The van der Waals surface area contributed by atoms with Gasteiger partial charge in [0.25, 0.3) is 0 Å². The van der Waals surface area contributed by atoms with Gasteiger partial charge in [-0.1, -0.05) is 48.6 Å². The molecule has 0 saturated heterocycles. The lowest BCUT2D eigenvalue weighted by molar-refractivity contribution is 0.217. The van der Waals surface area contributed by atoms with Crippen LogP contribution in [0.2, 0.25) is 0 Å². The highest BCUT2D eigenvalue weighted by atomic mass is 28.4. The molecular formula is C24H40N4Si. The molecule has 0 fully saturated rings. The number of nitrogens with zero attached hydrogens (tertiary/aromatic N) is 4. The summed E-state index contributed by atoms with van der Waals surface area (Å²) in [6, 6.07) is 0. The van der Waals surface area contributed by atoms with Crippen LogP contribution in [0.3, 0.4) is 0 Å². The molecule has 0 aliphatic rings. The highest BCUT2D eigenvalue weighted by Gasteiger charge is 2.54. The normalized spacial score (nSPS) is 11.4. The van der Waals surface area contributed by atoms with Gasteiger partial charge in [-0.3, -0.25) is 18.3 Å².